The molecule has 0 aliphatic rings. The van der Waals surface area contributed by atoms with E-state index < -0.39 is 0 Å². The van der Waals surface area contributed by atoms with E-state index in [9.17, 15) is 10.2 Å². The molecule has 3 heteroatoms. The van der Waals surface area contributed by atoms with E-state index in [1.165, 1.54) is 0 Å². The van der Waals surface area contributed by atoms with Crippen molar-refractivity contribution in [1.82, 2.24) is 0 Å². The van der Waals surface area contributed by atoms with Gasteiger partial charge in [-0.25, -0.2) is 0 Å². The number of aromatic hydroxyl groups is 2. The Balaban J connectivity index is 1.97. The molecule has 0 aromatic heterocycles. The van der Waals surface area contributed by atoms with Crippen LogP contribution >= 0.6 is 0 Å². The van der Waals surface area contributed by atoms with Crippen LogP contribution in [-0.4, -0.2) is 10.2 Å². The summed E-state index contributed by atoms with van der Waals surface area (Å²) in [6.45, 7) is 0. The second-order valence-corrected chi connectivity index (χ2v) is 5.13. The summed E-state index contributed by atoms with van der Waals surface area (Å²) in [6.07, 6.45) is 0. The molecule has 0 amide bonds. The topological polar surface area (TPSA) is 52.5 Å². The molecule has 0 spiro atoms. The van der Waals surface area contributed by atoms with Crippen LogP contribution in [0.15, 0.2) is 78.9 Å². The van der Waals surface area contributed by atoms with Gasteiger partial charge in [0.15, 0.2) is 0 Å². The number of para-hydroxylation sites is 1. The molecular weight excluding hydrogens is 274 g/mol. The van der Waals surface area contributed by atoms with E-state index >= 15 is 0 Å². The molecule has 0 saturated carbocycles. The zero-order chi connectivity index (χ0) is 15.4. The van der Waals surface area contributed by atoms with Crippen molar-refractivity contribution in [2.75, 3.05) is 5.32 Å². The SMILES string of the molecule is Oc1ccc(C(Nc2ccccc2)c2ccc(O)cc2)cc1. The molecule has 3 aromatic carbocycles. The summed E-state index contributed by atoms with van der Waals surface area (Å²) in [5.41, 5.74) is 3.08. The molecule has 0 atom stereocenters. The highest BCUT2D eigenvalue weighted by atomic mass is 16.3. The second kappa shape index (κ2) is 6.22. The van der Waals surface area contributed by atoms with Crippen LogP contribution in [0.5, 0.6) is 11.5 Å². The molecule has 3 nitrogen and oxygen atoms in total. The van der Waals surface area contributed by atoms with Crippen molar-refractivity contribution in [2.45, 2.75) is 6.04 Å². The second-order valence-electron chi connectivity index (χ2n) is 5.13. The number of hydrogen-bond donors (Lipinski definition) is 3. The highest BCUT2D eigenvalue weighted by Gasteiger charge is 2.14. The summed E-state index contributed by atoms with van der Waals surface area (Å²) in [4.78, 5) is 0. The van der Waals surface area contributed by atoms with E-state index in [4.69, 9.17) is 0 Å². The predicted octanol–water partition coefficient (Wildman–Crippen LogP) is 4.30. The minimum Gasteiger partial charge on any atom is -0.508 e. The molecule has 3 rings (SSSR count). The van der Waals surface area contributed by atoms with Crippen LogP contribution in [0, 0.1) is 0 Å². The number of phenolic OH excluding ortho intramolecular Hbond substituents is 2. The van der Waals surface area contributed by atoms with Gasteiger partial charge < -0.3 is 15.5 Å². The number of hydrogen-bond acceptors (Lipinski definition) is 3. The van der Waals surface area contributed by atoms with Crippen molar-refractivity contribution in [3.63, 3.8) is 0 Å². The minimum atomic E-state index is -0.0661. The Hall–Kier alpha value is -2.94. The van der Waals surface area contributed by atoms with Crippen molar-refractivity contribution >= 4 is 5.69 Å². The Bertz CT molecular complexity index is 676. The standard InChI is InChI=1S/C19H17NO2/c21-17-10-6-14(7-11-17)19(15-8-12-18(22)13-9-15)20-16-4-2-1-3-5-16/h1-13,19-22H. The van der Waals surface area contributed by atoms with Gasteiger partial charge >= 0.3 is 0 Å². The molecule has 0 fully saturated rings. The summed E-state index contributed by atoms with van der Waals surface area (Å²) < 4.78 is 0. The van der Waals surface area contributed by atoms with E-state index in [-0.39, 0.29) is 17.5 Å². The lowest BCUT2D eigenvalue weighted by Gasteiger charge is -2.21. The van der Waals surface area contributed by atoms with E-state index in [0.29, 0.717) is 0 Å². The maximum Gasteiger partial charge on any atom is 0.115 e. The van der Waals surface area contributed by atoms with Gasteiger partial charge in [0.25, 0.3) is 0 Å². The lowest BCUT2D eigenvalue weighted by atomic mass is 9.98. The van der Waals surface area contributed by atoms with Crippen LogP contribution in [0.25, 0.3) is 0 Å². The smallest absolute Gasteiger partial charge is 0.115 e. The van der Waals surface area contributed by atoms with Crippen LogP contribution < -0.4 is 5.32 Å². The molecule has 22 heavy (non-hydrogen) atoms. The van der Waals surface area contributed by atoms with Crippen LogP contribution in [0.1, 0.15) is 17.2 Å². The average Bonchev–Trinajstić information content (AvgIpc) is 2.56. The lowest BCUT2D eigenvalue weighted by Crippen LogP contribution is -2.12. The van der Waals surface area contributed by atoms with E-state index in [0.717, 1.165) is 16.8 Å². The summed E-state index contributed by atoms with van der Waals surface area (Å²) in [5.74, 6) is 0.487. The molecule has 0 heterocycles. The zero-order valence-electron chi connectivity index (χ0n) is 12.0. The van der Waals surface area contributed by atoms with Gasteiger partial charge in [0, 0.05) is 5.69 Å². The van der Waals surface area contributed by atoms with Crippen molar-refractivity contribution < 1.29 is 10.2 Å². The maximum absolute atomic E-state index is 9.48. The van der Waals surface area contributed by atoms with E-state index in [1.807, 2.05) is 54.6 Å². The first-order valence-corrected chi connectivity index (χ1v) is 7.12. The van der Waals surface area contributed by atoms with Gasteiger partial charge in [0.05, 0.1) is 6.04 Å². The first-order chi connectivity index (χ1) is 10.7. The molecule has 3 N–H and O–H groups in total. The molecule has 0 unspecified atom stereocenters. The summed E-state index contributed by atoms with van der Waals surface area (Å²) in [7, 11) is 0. The summed E-state index contributed by atoms with van der Waals surface area (Å²) in [5, 5.41) is 22.5. The van der Waals surface area contributed by atoms with Crippen LogP contribution in [0.3, 0.4) is 0 Å². The van der Waals surface area contributed by atoms with Crippen molar-refractivity contribution in [3.8, 4) is 11.5 Å². The fourth-order valence-corrected chi connectivity index (χ4v) is 2.39. The van der Waals surface area contributed by atoms with Crippen LogP contribution in [0.4, 0.5) is 5.69 Å². The molecule has 110 valence electrons. The molecule has 0 aliphatic heterocycles. The number of rotatable bonds is 4. The molecule has 0 radical (unpaired) electrons. The van der Waals surface area contributed by atoms with Gasteiger partial charge in [-0.3, -0.25) is 0 Å². The van der Waals surface area contributed by atoms with Gasteiger partial charge in [-0.05, 0) is 47.5 Å². The quantitative estimate of drug-likeness (QED) is 0.671. The highest BCUT2D eigenvalue weighted by Crippen LogP contribution is 2.28. The largest absolute Gasteiger partial charge is 0.508 e. The average molecular weight is 291 g/mol. The third-order valence-electron chi connectivity index (χ3n) is 3.54. The van der Waals surface area contributed by atoms with Crippen molar-refractivity contribution in [3.05, 3.63) is 90.0 Å². The molecular formula is C19H17NO2. The van der Waals surface area contributed by atoms with Crippen molar-refractivity contribution in [2.24, 2.45) is 0 Å². The minimum absolute atomic E-state index is 0.0661. The Morgan fingerprint density at radius 1 is 0.591 bits per heavy atom. The van der Waals surface area contributed by atoms with Gasteiger partial charge in [0.1, 0.15) is 11.5 Å². The third kappa shape index (κ3) is 3.20. The lowest BCUT2D eigenvalue weighted by molar-refractivity contribution is 0.475. The fraction of sp³-hybridized carbons (Fsp3) is 0.0526. The first-order valence-electron chi connectivity index (χ1n) is 7.12. The van der Waals surface area contributed by atoms with Crippen LogP contribution in [0.2, 0.25) is 0 Å². The highest BCUT2D eigenvalue weighted by molar-refractivity contribution is 5.50. The van der Waals surface area contributed by atoms with Gasteiger partial charge in [-0.2, -0.15) is 0 Å². The molecule has 0 saturated heterocycles. The number of benzene rings is 3. The predicted molar refractivity (Wildman–Crippen MR) is 88.1 cm³/mol. The Morgan fingerprint density at radius 3 is 1.50 bits per heavy atom. The molecule has 3 aromatic rings. The van der Waals surface area contributed by atoms with Gasteiger partial charge in [-0.15, -0.1) is 0 Å². The fourth-order valence-electron chi connectivity index (χ4n) is 2.39. The third-order valence-corrected chi connectivity index (χ3v) is 3.54. The summed E-state index contributed by atoms with van der Waals surface area (Å²) >= 11 is 0. The number of anilines is 1. The van der Waals surface area contributed by atoms with Crippen LogP contribution in [-0.2, 0) is 0 Å². The zero-order valence-corrected chi connectivity index (χ0v) is 12.0. The van der Waals surface area contributed by atoms with Crippen molar-refractivity contribution in [1.29, 1.82) is 0 Å². The maximum atomic E-state index is 9.48. The first kappa shape index (κ1) is 14.0. The van der Waals surface area contributed by atoms with Gasteiger partial charge in [-0.1, -0.05) is 42.5 Å². The monoisotopic (exact) mass is 291 g/mol. The molecule has 0 aliphatic carbocycles. The normalized spacial score (nSPS) is 10.6. The Labute approximate surface area is 129 Å². The molecule has 0 bridgehead atoms. The summed E-state index contributed by atoms with van der Waals surface area (Å²) in [6, 6.07) is 24.2. The Kier molecular flexibility index (Phi) is 3.97. The number of phenols is 2. The van der Waals surface area contributed by atoms with E-state index in [2.05, 4.69) is 5.32 Å². The Morgan fingerprint density at radius 2 is 1.05 bits per heavy atom. The van der Waals surface area contributed by atoms with Gasteiger partial charge in [0.2, 0.25) is 0 Å². The number of nitrogens with one attached hydrogen (secondary N) is 1. The van der Waals surface area contributed by atoms with E-state index in [1.54, 1.807) is 24.3 Å².